The summed E-state index contributed by atoms with van der Waals surface area (Å²) in [7, 11) is -3.47. The molecule has 11 nitrogen and oxygen atoms in total. The number of hydrogen-bond donors (Lipinski definition) is 2. The van der Waals surface area contributed by atoms with Crippen LogP contribution >= 0.6 is 7.60 Å². The molecule has 0 aliphatic carbocycles. The summed E-state index contributed by atoms with van der Waals surface area (Å²) in [6, 6.07) is 1.15. The van der Waals surface area contributed by atoms with E-state index in [9.17, 15) is 19.3 Å². The Balaban J connectivity index is 2.21. The summed E-state index contributed by atoms with van der Waals surface area (Å²) in [4.78, 5) is 24.8. The van der Waals surface area contributed by atoms with Crippen molar-refractivity contribution >= 4 is 7.60 Å². The van der Waals surface area contributed by atoms with Crippen LogP contribution in [0.1, 0.15) is 20.1 Å². The third kappa shape index (κ3) is 4.26. The fraction of sp³-hybridized carbons (Fsp3) is 0.500. The topological polar surface area (TPSA) is 141 Å². The smallest absolute Gasteiger partial charge is 0.335 e. The minimum atomic E-state index is -3.47. The molecule has 1 unspecified atom stereocenters. The van der Waals surface area contributed by atoms with E-state index in [4.69, 9.17) is 9.05 Å². The number of aliphatic hydroxyl groups excluding tert-OH is 1. The molecule has 0 spiro atoms. The SMILES string of the molecule is CCOP(=O)(CC(O)n1cc(-n2ccc(=O)[nH]c2=O)nn1)OCC. The normalized spacial score (nSPS) is 13.1. The monoisotopic (exact) mass is 359 g/mol. The molecule has 2 aromatic rings. The zero-order chi connectivity index (χ0) is 17.7. The van der Waals surface area contributed by atoms with E-state index in [2.05, 4.69) is 15.3 Å². The van der Waals surface area contributed by atoms with Gasteiger partial charge in [0.2, 0.25) is 0 Å². The summed E-state index contributed by atoms with van der Waals surface area (Å²) in [5, 5.41) is 17.6. The molecule has 0 saturated carbocycles. The summed E-state index contributed by atoms with van der Waals surface area (Å²) in [6.07, 6.45) is 0.853. The van der Waals surface area contributed by atoms with Gasteiger partial charge in [0.1, 0.15) is 0 Å². The van der Waals surface area contributed by atoms with Crippen molar-refractivity contribution in [2.24, 2.45) is 0 Å². The van der Waals surface area contributed by atoms with Crippen LogP contribution in [0, 0.1) is 0 Å². The lowest BCUT2D eigenvalue weighted by Gasteiger charge is -2.19. The van der Waals surface area contributed by atoms with E-state index < -0.39 is 25.1 Å². The van der Waals surface area contributed by atoms with Crippen LogP contribution in [0.15, 0.2) is 28.0 Å². The standard InChI is InChI=1S/C12H18N5O6P/c1-3-22-24(21,23-4-2)8-11(19)17-7-9(14-15-17)16-6-5-10(18)13-12(16)20/h5-7,11,19H,3-4,8H2,1-2H3,(H,13,18,20). The number of nitrogens with one attached hydrogen (secondary N) is 1. The van der Waals surface area contributed by atoms with Crippen molar-refractivity contribution in [3.05, 3.63) is 39.3 Å². The average Bonchev–Trinajstić information content (AvgIpc) is 2.97. The van der Waals surface area contributed by atoms with Crippen molar-refractivity contribution in [3.63, 3.8) is 0 Å². The lowest BCUT2D eigenvalue weighted by molar-refractivity contribution is 0.0990. The quantitative estimate of drug-likeness (QED) is 0.621. The number of aliphatic hydroxyl groups is 1. The molecule has 12 heteroatoms. The van der Waals surface area contributed by atoms with Gasteiger partial charge in [0.25, 0.3) is 5.56 Å². The summed E-state index contributed by atoms with van der Waals surface area (Å²) >= 11 is 0. The predicted octanol–water partition coefficient (Wildman–Crippen LogP) is -0.126. The van der Waals surface area contributed by atoms with Crippen LogP contribution in [-0.4, -0.2) is 49.0 Å². The van der Waals surface area contributed by atoms with Gasteiger partial charge in [-0.25, -0.2) is 9.48 Å². The van der Waals surface area contributed by atoms with E-state index in [1.54, 1.807) is 13.8 Å². The lowest BCUT2D eigenvalue weighted by Crippen LogP contribution is -2.27. The molecular weight excluding hydrogens is 341 g/mol. The lowest BCUT2D eigenvalue weighted by atomic mass is 10.6. The van der Waals surface area contributed by atoms with Crippen molar-refractivity contribution in [3.8, 4) is 5.82 Å². The summed E-state index contributed by atoms with van der Waals surface area (Å²) in [6.45, 7) is 3.65. The first kappa shape index (κ1) is 18.3. The summed E-state index contributed by atoms with van der Waals surface area (Å²) < 4.78 is 24.7. The summed E-state index contributed by atoms with van der Waals surface area (Å²) in [5.74, 6) is 0.0814. The van der Waals surface area contributed by atoms with Gasteiger partial charge in [-0.15, -0.1) is 5.10 Å². The van der Waals surface area contributed by atoms with Crippen molar-refractivity contribution < 1.29 is 18.7 Å². The molecule has 0 aliphatic rings. The van der Waals surface area contributed by atoms with Gasteiger partial charge < -0.3 is 14.2 Å². The highest BCUT2D eigenvalue weighted by Gasteiger charge is 2.29. The fourth-order valence-electron chi connectivity index (χ4n) is 1.94. The Labute approximate surface area is 136 Å². The number of aromatic nitrogens is 5. The van der Waals surface area contributed by atoms with Gasteiger partial charge in [-0.1, -0.05) is 5.21 Å². The zero-order valence-electron chi connectivity index (χ0n) is 13.2. The third-order valence-electron chi connectivity index (χ3n) is 2.91. The van der Waals surface area contributed by atoms with Crippen LogP contribution in [-0.2, 0) is 13.6 Å². The Kier molecular flexibility index (Phi) is 5.84. The molecule has 0 aromatic carbocycles. The van der Waals surface area contributed by atoms with Gasteiger partial charge in [0.15, 0.2) is 12.0 Å². The van der Waals surface area contributed by atoms with Gasteiger partial charge in [0.05, 0.1) is 25.6 Å². The molecule has 2 aromatic heterocycles. The number of H-pyrrole nitrogens is 1. The second kappa shape index (κ2) is 7.67. The molecule has 0 fully saturated rings. The Bertz CT molecular complexity index is 833. The zero-order valence-corrected chi connectivity index (χ0v) is 14.0. The molecule has 0 radical (unpaired) electrons. The highest BCUT2D eigenvalue weighted by molar-refractivity contribution is 7.53. The molecule has 1 atom stereocenters. The third-order valence-corrected chi connectivity index (χ3v) is 4.99. The van der Waals surface area contributed by atoms with Gasteiger partial charge >= 0.3 is 13.3 Å². The highest BCUT2D eigenvalue weighted by Crippen LogP contribution is 2.49. The van der Waals surface area contributed by atoms with Gasteiger partial charge in [-0.3, -0.25) is 18.9 Å². The molecule has 132 valence electrons. The van der Waals surface area contributed by atoms with Crippen LogP contribution in [0.25, 0.3) is 5.82 Å². The second-order valence-electron chi connectivity index (χ2n) is 4.65. The van der Waals surface area contributed by atoms with E-state index in [1.807, 2.05) is 0 Å². The van der Waals surface area contributed by atoms with Crippen LogP contribution < -0.4 is 11.2 Å². The largest absolute Gasteiger partial charge is 0.371 e. The Hall–Kier alpha value is -2.07. The molecule has 0 aliphatic heterocycles. The predicted molar refractivity (Wildman–Crippen MR) is 83.2 cm³/mol. The molecule has 2 heterocycles. The maximum absolute atomic E-state index is 12.4. The number of aromatic amines is 1. The number of hydrogen-bond acceptors (Lipinski definition) is 8. The van der Waals surface area contributed by atoms with Crippen molar-refractivity contribution in [2.45, 2.75) is 20.1 Å². The van der Waals surface area contributed by atoms with Crippen molar-refractivity contribution in [1.82, 2.24) is 24.5 Å². The second-order valence-corrected chi connectivity index (χ2v) is 6.75. The summed E-state index contributed by atoms with van der Waals surface area (Å²) in [5.41, 5.74) is -1.24. The highest BCUT2D eigenvalue weighted by atomic mass is 31.2. The number of rotatable bonds is 8. The van der Waals surface area contributed by atoms with Crippen LogP contribution in [0.4, 0.5) is 0 Å². The maximum atomic E-state index is 12.4. The Morgan fingerprint density at radius 1 is 1.33 bits per heavy atom. The van der Waals surface area contributed by atoms with Gasteiger partial charge in [-0.2, -0.15) is 0 Å². The van der Waals surface area contributed by atoms with Crippen molar-refractivity contribution in [2.75, 3.05) is 19.4 Å². The van der Waals surface area contributed by atoms with Crippen LogP contribution in [0.2, 0.25) is 0 Å². The van der Waals surface area contributed by atoms with E-state index in [0.717, 1.165) is 15.3 Å². The maximum Gasteiger partial charge on any atom is 0.335 e. The molecular formula is C12H18N5O6P. The van der Waals surface area contributed by atoms with E-state index >= 15 is 0 Å². The van der Waals surface area contributed by atoms with Gasteiger partial charge in [0, 0.05) is 12.3 Å². The van der Waals surface area contributed by atoms with E-state index in [1.165, 1.54) is 12.4 Å². The molecule has 0 saturated heterocycles. The average molecular weight is 359 g/mol. The van der Waals surface area contributed by atoms with Crippen molar-refractivity contribution in [1.29, 1.82) is 0 Å². The minimum absolute atomic E-state index is 0.0814. The minimum Gasteiger partial charge on any atom is -0.371 e. The fourth-order valence-corrected chi connectivity index (χ4v) is 3.58. The van der Waals surface area contributed by atoms with Gasteiger partial charge in [-0.05, 0) is 13.8 Å². The Morgan fingerprint density at radius 2 is 2.00 bits per heavy atom. The van der Waals surface area contributed by atoms with E-state index in [0.29, 0.717) is 0 Å². The molecule has 0 amide bonds. The first-order chi connectivity index (χ1) is 11.4. The van der Waals surface area contributed by atoms with Crippen LogP contribution in [0.5, 0.6) is 0 Å². The first-order valence-corrected chi connectivity index (χ1v) is 8.91. The number of nitrogens with zero attached hydrogens (tertiary/aromatic N) is 4. The molecule has 2 rings (SSSR count). The molecule has 2 N–H and O–H groups in total. The van der Waals surface area contributed by atoms with E-state index in [-0.39, 0.29) is 25.2 Å². The van der Waals surface area contributed by atoms with Crippen LogP contribution in [0.3, 0.4) is 0 Å². The molecule has 0 bridgehead atoms. The molecule has 24 heavy (non-hydrogen) atoms. The Morgan fingerprint density at radius 3 is 2.58 bits per heavy atom. The first-order valence-electron chi connectivity index (χ1n) is 7.19.